The number of benzene rings is 2. The second-order valence-electron chi connectivity index (χ2n) is 6.25. The van der Waals surface area contributed by atoms with Crippen LogP contribution in [-0.4, -0.2) is 35.4 Å². The fourth-order valence-electron chi connectivity index (χ4n) is 2.67. The van der Waals surface area contributed by atoms with Crippen molar-refractivity contribution in [2.75, 3.05) is 25.3 Å². The van der Waals surface area contributed by atoms with Crippen molar-refractivity contribution in [2.24, 2.45) is 0 Å². The van der Waals surface area contributed by atoms with Gasteiger partial charge >= 0.3 is 0 Å². The molecule has 1 N–H and O–H groups in total. The number of methoxy groups -OCH3 is 2. The van der Waals surface area contributed by atoms with Gasteiger partial charge in [0, 0.05) is 29.2 Å². The Bertz CT molecular complexity index is 1130. The number of amides is 1. The van der Waals surface area contributed by atoms with Crippen molar-refractivity contribution in [3.63, 3.8) is 0 Å². The van der Waals surface area contributed by atoms with Gasteiger partial charge in [-0.05, 0) is 36.8 Å². The molecule has 0 saturated carbocycles. The van der Waals surface area contributed by atoms with E-state index in [4.69, 9.17) is 21.1 Å². The average molecular weight is 446 g/mol. The van der Waals surface area contributed by atoms with Crippen molar-refractivity contribution in [3.8, 4) is 17.2 Å². The molecule has 0 fully saturated rings. The zero-order valence-corrected chi connectivity index (χ0v) is 18.2. The summed E-state index contributed by atoms with van der Waals surface area (Å²) in [6.07, 6.45) is 3.08. The van der Waals surface area contributed by atoms with Crippen LogP contribution in [0.4, 0.5) is 5.69 Å². The molecule has 0 aliphatic rings. The topological polar surface area (TPSA) is 82.5 Å². The fraction of sp³-hybridized carbons (Fsp3) is 0.190. The van der Waals surface area contributed by atoms with Crippen LogP contribution >= 0.6 is 23.4 Å². The molecule has 30 heavy (non-hydrogen) atoms. The van der Waals surface area contributed by atoms with Gasteiger partial charge in [0.05, 0.1) is 25.7 Å². The van der Waals surface area contributed by atoms with Crippen LogP contribution < -0.4 is 20.3 Å². The number of aryl methyl sites for hydroxylation is 1. The number of aromatic nitrogens is 2. The molecule has 156 valence electrons. The van der Waals surface area contributed by atoms with Crippen LogP contribution in [0.3, 0.4) is 0 Å². The Morgan fingerprint density at radius 3 is 2.63 bits per heavy atom. The third-order valence-corrected chi connectivity index (χ3v) is 5.62. The molecule has 0 unspecified atom stereocenters. The van der Waals surface area contributed by atoms with E-state index >= 15 is 0 Å². The Morgan fingerprint density at radius 1 is 1.17 bits per heavy atom. The molecule has 9 heteroatoms. The first-order valence-corrected chi connectivity index (χ1v) is 10.3. The lowest BCUT2D eigenvalue weighted by Gasteiger charge is -2.11. The number of rotatable bonds is 7. The van der Waals surface area contributed by atoms with Gasteiger partial charge in [-0.15, -0.1) is 0 Å². The van der Waals surface area contributed by atoms with Gasteiger partial charge in [0.15, 0.2) is 16.5 Å². The molecule has 0 spiro atoms. The summed E-state index contributed by atoms with van der Waals surface area (Å²) in [5.74, 6) is 0.819. The molecule has 2 aromatic carbocycles. The highest BCUT2D eigenvalue weighted by atomic mass is 35.5. The van der Waals surface area contributed by atoms with E-state index < -0.39 is 0 Å². The lowest BCUT2D eigenvalue weighted by Crippen LogP contribution is -2.22. The molecule has 0 atom stereocenters. The number of hydrogen-bond acceptors (Lipinski definition) is 6. The van der Waals surface area contributed by atoms with Gasteiger partial charge in [0.1, 0.15) is 0 Å². The SMILES string of the molecule is COc1ccc(NC(=O)CSc2nccn(-c3ccc(C)c(Cl)c3)c2=O)cc1OC. The predicted octanol–water partition coefficient (Wildman–Crippen LogP) is 3.94. The van der Waals surface area contributed by atoms with E-state index in [9.17, 15) is 9.59 Å². The van der Waals surface area contributed by atoms with E-state index in [1.54, 1.807) is 36.5 Å². The van der Waals surface area contributed by atoms with Gasteiger partial charge in [-0.25, -0.2) is 4.98 Å². The molecule has 3 aromatic rings. The number of anilines is 1. The summed E-state index contributed by atoms with van der Waals surface area (Å²) in [5.41, 5.74) is 1.80. The van der Waals surface area contributed by atoms with Crippen molar-refractivity contribution in [2.45, 2.75) is 11.9 Å². The Morgan fingerprint density at radius 2 is 1.93 bits per heavy atom. The maximum atomic E-state index is 12.8. The Hall–Kier alpha value is -2.97. The first-order chi connectivity index (χ1) is 14.4. The predicted molar refractivity (Wildman–Crippen MR) is 118 cm³/mol. The van der Waals surface area contributed by atoms with Gasteiger partial charge in [-0.2, -0.15) is 0 Å². The number of nitrogens with zero attached hydrogens (tertiary/aromatic N) is 2. The lowest BCUT2D eigenvalue weighted by molar-refractivity contribution is -0.113. The van der Waals surface area contributed by atoms with E-state index in [-0.39, 0.29) is 22.2 Å². The van der Waals surface area contributed by atoms with E-state index in [0.717, 1.165) is 17.3 Å². The quantitative estimate of drug-likeness (QED) is 0.554. The number of nitrogens with one attached hydrogen (secondary N) is 1. The van der Waals surface area contributed by atoms with Crippen LogP contribution in [0.15, 0.2) is 58.6 Å². The molecule has 0 saturated heterocycles. The number of carbonyl (C=O) groups excluding carboxylic acids is 1. The number of ether oxygens (including phenoxy) is 2. The molecule has 0 radical (unpaired) electrons. The molecule has 3 rings (SSSR count). The molecule has 0 bridgehead atoms. The minimum atomic E-state index is -0.318. The first-order valence-electron chi connectivity index (χ1n) is 8.91. The summed E-state index contributed by atoms with van der Waals surface area (Å²) in [7, 11) is 3.06. The maximum Gasteiger partial charge on any atom is 0.287 e. The van der Waals surface area contributed by atoms with Crippen LogP contribution in [0, 0.1) is 6.92 Å². The van der Waals surface area contributed by atoms with Gasteiger partial charge in [-0.1, -0.05) is 29.4 Å². The largest absolute Gasteiger partial charge is 0.493 e. The minimum Gasteiger partial charge on any atom is -0.493 e. The molecular weight excluding hydrogens is 426 g/mol. The number of thioether (sulfide) groups is 1. The maximum absolute atomic E-state index is 12.8. The van der Waals surface area contributed by atoms with Crippen LogP contribution in [0.2, 0.25) is 5.02 Å². The molecule has 0 aliphatic carbocycles. The summed E-state index contributed by atoms with van der Waals surface area (Å²) in [5, 5.41) is 3.56. The van der Waals surface area contributed by atoms with E-state index in [1.165, 1.54) is 25.0 Å². The van der Waals surface area contributed by atoms with Crippen LogP contribution in [0.5, 0.6) is 11.5 Å². The van der Waals surface area contributed by atoms with Gasteiger partial charge in [-0.3, -0.25) is 14.2 Å². The second kappa shape index (κ2) is 9.69. The summed E-state index contributed by atoms with van der Waals surface area (Å²) in [6, 6.07) is 10.4. The van der Waals surface area contributed by atoms with Gasteiger partial charge in [0.25, 0.3) is 5.56 Å². The molecular formula is C21H20ClN3O4S. The van der Waals surface area contributed by atoms with Gasteiger partial charge in [0.2, 0.25) is 5.91 Å². The summed E-state index contributed by atoms with van der Waals surface area (Å²) >= 11 is 7.23. The number of carbonyl (C=O) groups is 1. The molecule has 1 aromatic heterocycles. The van der Waals surface area contributed by atoms with Crippen molar-refractivity contribution < 1.29 is 14.3 Å². The normalized spacial score (nSPS) is 10.5. The standard InChI is InChI=1S/C21H20ClN3O4S/c1-13-4-6-15(11-16(13)22)25-9-8-23-20(21(25)27)30-12-19(26)24-14-5-7-17(28-2)18(10-14)29-3/h4-11H,12H2,1-3H3,(H,24,26). The Kier molecular flexibility index (Phi) is 7.02. The van der Waals surface area contributed by atoms with E-state index in [0.29, 0.717) is 27.9 Å². The zero-order valence-electron chi connectivity index (χ0n) is 16.6. The van der Waals surface area contributed by atoms with Crippen LogP contribution in [0.1, 0.15) is 5.56 Å². The Balaban J connectivity index is 1.71. The van der Waals surface area contributed by atoms with E-state index in [2.05, 4.69) is 10.3 Å². The van der Waals surface area contributed by atoms with Crippen LogP contribution in [0.25, 0.3) is 5.69 Å². The molecule has 1 heterocycles. The van der Waals surface area contributed by atoms with Crippen molar-refractivity contribution in [1.29, 1.82) is 0 Å². The lowest BCUT2D eigenvalue weighted by atomic mass is 10.2. The summed E-state index contributed by atoms with van der Waals surface area (Å²) < 4.78 is 11.9. The molecule has 0 aliphatic heterocycles. The number of hydrogen-bond donors (Lipinski definition) is 1. The molecule has 1 amide bonds. The third kappa shape index (κ3) is 4.95. The van der Waals surface area contributed by atoms with Gasteiger partial charge < -0.3 is 14.8 Å². The second-order valence-corrected chi connectivity index (χ2v) is 7.62. The van der Waals surface area contributed by atoms with E-state index in [1.807, 2.05) is 13.0 Å². The summed E-state index contributed by atoms with van der Waals surface area (Å²) in [4.78, 5) is 29.2. The Labute approximate surface area is 183 Å². The fourth-order valence-corrected chi connectivity index (χ4v) is 3.54. The summed E-state index contributed by atoms with van der Waals surface area (Å²) in [6.45, 7) is 1.89. The minimum absolute atomic E-state index is 0.0231. The zero-order chi connectivity index (χ0) is 21.7. The van der Waals surface area contributed by atoms with Crippen molar-refractivity contribution >= 4 is 35.0 Å². The van der Waals surface area contributed by atoms with Crippen molar-refractivity contribution in [3.05, 3.63) is 69.7 Å². The highest BCUT2D eigenvalue weighted by Crippen LogP contribution is 2.29. The highest BCUT2D eigenvalue weighted by Gasteiger charge is 2.12. The smallest absolute Gasteiger partial charge is 0.287 e. The number of halogens is 1. The highest BCUT2D eigenvalue weighted by molar-refractivity contribution is 7.99. The van der Waals surface area contributed by atoms with Crippen molar-refractivity contribution in [1.82, 2.24) is 9.55 Å². The third-order valence-electron chi connectivity index (χ3n) is 4.25. The monoisotopic (exact) mass is 445 g/mol. The first kappa shape index (κ1) is 21.7. The average Bonchev–Trinajstić information content (AvgIpc) is 2.75. The van der Waals surface area contributed by atoms with Crippen LogP contribution in [-0.2, 0) is 4.79 Å². The molecule has 7 nitrogen and oxygen atoms in total.